The fraction of sp³-hybridized carbons (Fsp3) is 0.270. The predicted molar refractivity (Wildman–Crippen MR) is 169 cm³/mol. The zero-order chi connectivity index (χ0) is 29.9. The van der Waals surface area contributed by atoms with Crippen molar-refractivity contribution in [2.24, 2.45) is 0 Å². The largest absolute Gasteiger partial charge is 0.493 e. The second kappa shape index (κ2) is 15.0. The van der Waals surface area contributed by atoms with Gasteiger partial charge in [0.1, 0.15) is 47.3 Å². The number of nitrogens with zero attached hydrogens (tertiary/aromatic N) is 1. The van der Waals surface area contributed by atoms with E-state index >= 15 is 0 Å². The van der Waals surface area contributed by atoms with Crippen molar-refractivity contribution in [3.63, 3.8) is 0 Å². The molecule has 1 heterocycles. The molecule has 222 valence electrons. The zero-order valence-corrected chi connectivity index (χ0v) is 25.2. The van der Waals surface area contributed by atoms with E-state index in [1.807, 2.05) is 72.8 Å². The van der Waals surface area contributed by atoms with E-state index in [-0.39, 0.29) is 0 Å². The first kappa shape index (κ1) is 29.8. The zero-order valence-electron chi connectivity index (χ0n) is 25.2. The van der Waals surface area contributed by atoms with Crippen LogP contribution in [0.1, 0.15) is 48.9 Å². The average Bonchev–Trinajstić information content (AvgIpc) is 3.58. The summed E-state index contributed by atoms with van der Waals surface area (Å²) in [4.78, 5) is 4.36. The third kappa shape index (κ3) is 7.77. The predicted octanol–water partition coefficient (Wildman–Crippen LogP) is 9.38. The van der Waals surface area contributed by atoms with Gasteiger partial charge in [-0.25, -0.2) is 4.98 Å². The summed E-state index contributed by atoms with van der Waals surface area (Å²) in [6, 6.07) is 28.2. The molecule has 0 bridgehead atoms. The van der Waals surface area contributed by atoms with E-state index in [2.05, 4.69) is 37.9 Å². The Morgan fingerprint density at radius 1 is 0.721 bits per heavy atom. The van der Waals surface area contributed by atoms with Crippen molar-refractivity contribution < 1.29 is 23.4 Å². The lowest BCUT2D eigenvalue weighted by Gasteiger charge is -2.18. The van der Waals surface area contributed by atoms with Gasteiger partial charge in [0.25, 0.3) is 0 Å². The number of hydrogen-bond donors (Lipinski definition) is 0. The Bertz CT molecular complexity index is 1580. The summed E-state index contributed by atoms with van der Waals surface area (Å²) >= 11 is 0. The molecule has 6 nitrogen and oxygen atoms in total. The van der Waals surface area contributed by atoms with Gasteiger partial charge in [-0.3, -0.25) is 0 Å². The van der Waals surface area contributed by atoms with Crippen LogP contribution in [-0.4, -0.2) is 18.2 Å². The maximum absolute atomic E-state index is 6.31. The molecule has 0 unspecified atom stereocenters. The Labute approximate surface area is 254 Å². The smallest absolute Gasteiger partial charge is 0.181 e. The first-order chi connectivity index (χ1) is 21.2. The molecule has 0 aliphatic heterocycles. The molecule has 0 N–H and O–H groups in total. The van der Waals surface area contributed by atoms with Gasteiger partial charge in [0.05, 0.1) is 13.2 Å². The molecule has 0 saturated carbocycles. The second-order valence-electron chi connectivity index (χ2n) is 10.4. The van der Waals surface area contributed by atoms with Crippen LogP contribution in [0.15, 0.2) is 102 Å². The molecule has 1 aromatic heterocycles. The molecule has 0 aliphatic carbocycles. The van der Waals surface area contributed by atoms with E-state index < -0.39 is 0 Å². The fourth-order valence-corrected chi connectivity index (χ4v) is 4.90. The van der Waals surface area contributed by atoms with E-state index in [1.54, 1.807) is 6.26 Å². The van der Waals surface area contributed by atoms with Crippen molar-refractivity contribution in [2.75, 3.05) is 13.2 Å². The number of rotatable bonds is 15. The SMILES string of the molecule is CCCc1c(OCCCOc2cc(OCc3ccccc3)c(-c3cocn3)cc2CC)cccc1Oc1ccccc1C. The number of oxazole rings is 1. The van der Waals surface area contributed by atoms with Crippen molar-refractivity contribution in [3.8, 4) is 40.0 Å². The van der Waals surface area contributed by atoms with Crippen LogP contribution in [0.3, 0.4) is 0 Å². The Morgan fingerprint density at radius 3 is 2.21 bits per heavy atom. The number of aromatic nitrogens is 1. The van der Waals surface area contributed by atoms with Crippen LogP contribution >= 0.6 is 0 Å². The van der Waals surface area contributed by atoms with Crippen molar-refractivity contribution in [1.82, 2.24) is 4.98 Å². The van der Waals surface area contributed by atoms with Gasteiger partial charge >= 0.3 is 0 Å². The lowest BCUT2D eigenvalue weighted by atomic mass is 10.0. The van der Waals surface area contributed by atoms with Crippen molar-refractivity contribution in [1.29, 1.82) is 0 Å². The topological polar surface area (TPSA) is 63.0 Å². The van der Waals surface area contributed by atoms with E-state index in [0.717, 1.165) is 82.2 Å². The Hall–Kier alpha value is -4.71. The minimum Gasteiger partial charge on any atom is -0.493 e. The van der Waals surface area contributed by atoms with E-state index in [1.165, 1.54) is 6.39 Å². The molecule has 6 heteroatoms. The third-order valence-corrected chi connectivity index (χ3v) is 7.20. The molecule has 0 radical (unpaired) electrons. The summed E-state index contributed by atoms with van der Waals surface area (Å²) in [6.45, 7) is 7.82. The maximum Gasteiger partial charge on any atom is 0.181 e. The maximum atomic E-state index is 6.31. The summed E-state index contributed by atoms with van der Waals surface area (Å²) in [5, 5.41) is 0. The molecular formula is C37H39NO5. The molecule has 43 heavy (non-hydrogen) atoms. The van der Waals surface area contributed by atoms with Crippen LogP contribution in [0.4, 0.5) is 0 Å². The van der Waals surface area contributed by atoms with Gasteiger partial charge < -0.3 is 23.4 Å². The Balaban J connectivity index is 1.24. The number of ether oxygens (including phenoxy) is 4. The quantitative estimate of drug-likeness (QED) is 0.116. The van der Waals surface area contributed by atoms with Gasteiger partial charge in [-0.1, -0.05) is 74.9 Å². The lowest BCUT2D eigenvalue weighted by Crippen LogP contribution is -2.08. The minimum absolute atomic E-state index is 0.442. The highest BCUT2D eigenvalue weighted by Crippen LogP contribution is 2.37. The van der Waals surface area contributed by atoms with Crippen molar-refractivity contribution in [2.45, 2.75) is 53.1 Å². The van der Waals surface area contributed by atoms with Crippen LogP contribution in [0.2, 0.25) is 0 Å². The summed E-state index contributed by atoms with van der Waals surface area (Å²) < 4.78 is 30.4. The highest BCUT2D eigenvalue weighted by Gasteiger charge is 2.16. The molecule has 5 rings (SSSR count). The van der Waals surface area contributed by atoms with Crippen LogP contribution in [0.5, 0.6) is 28.7 Å². The van der Waals surface area contributed by atoms with E-state index in [4.69, 9.17) is 23.4 Å². The Kier molecular flexibility index (Phi) is 10.4. The second-order valence-corrected chi connectivity index (χ2v) is 10.4. The van der Waals surface area contributed by atoms with Crippen LogP contribution in [0, 0.1) is 6.92 Å². The highest BCUT2D eigenvalue weighted by molar-refractivity contribution is 5.69. The first-order valence-corrected chi connectivity index (χ1v) is 15.0. The minimum atomic E-state index is 0.442. The van der Waals surface area contributed by atoms with Gasteiger partial charge in [0, 0.05) is 23.6 Å². The number of hydrogen-bond acceptors (Lipinski definition) is 6. The lowest BCUT2D eigenvalue weighted by molar-refractivity contribution is 0.243. The highest BCUT2D eigenvalue weighted by atomic mass is 16.5. The number of para-hydroxylation sites is 1. The van der Waals surface area contributed by atoms with Crippen molar-refractivity contribution >= 4 is 0 Å². The molecule has 0 atom stereocenters. The van der Waals surface area contributed by atoms with Gasteiger partial charge in [0.2, 0.25) is 0 Å². The summed E-state index contributed by atoms with van der Waals surface area (Å²) in [5.74, 6) is 4.07. The third-order valence-electron chi connectivity index (χ3n) is 7.20. The normalized spacial score (nSPS) is 10.9. The van der Waals surface area contributed by atoms with Gasteiger partial charge in [-0.05, 0) is 60.7 Å². The number of benzene rings is 4. The van der Waals surface area contributed by atoms with Crippen LogP contribution < -0.4 is 18.9 Å². The monoisotopic (exact) mass is 577 g/mol. The molecule has 0 spiro atoms. The van der Waals surface area contributed by atoms with E-state index in [9.17, 15) is 0 Å². The van der Waals surface area contributed by atoms with Gasteiger partial charge in [0.15, 0.2) is 6.39 Å². The van der Waals surface area contributed by atoms with Gasteiger partial charge in [-0.15, -0.1) is 0 Å². The number of aryl methyl sites for hydroxylation is 2. The molecule has 0 aliphatic rings. The Morgan fingerprint density at radius 2 is 1.47 bits per heavy atom. The average molecular weight is 578 g/mol. The molecule has 0 saturated heterocycles. The van der Waals surface area contributed by atoms with Gasteiger partial charge in [-0.2, -0.15) is 0 Å². The molecule has 0 fully saturated rings. The van der Waals surface area contributed by atoms with Crippen LogP contribution in [-0.2, 0) is 19.4 Å². The summed E-state index contributed by atoms with van der Waals surface area (Å²) in [7, 11) is 0. The molecule has 4 aromatic carbocycles. The molecule has 0 amide bonds. The fourth-order valence-electron chi connectivity index (χ4n) is 4.90. The van der Waals surface area contributed by atoms with Crippen molar-refractivity contribution in [3.05, 3.63) is 120 Å². The van der Waals surface area contributed by atoms with Crippen LogP contribution in [0.25, 0.3) is 11.3 Å². The summed E-state index contributed by atoms with van der Waals surface area (Å²) in [6.07, 6.45) is 6.47. The molecular weight excluding hydrogens is 538 g/mol. The van der Waals surface area contributed by atoms with E-state index in [0.29, 0.717) is 25.6 Å². The summed E-state index contributed by atoms with van der Waals surface area (Å²) in [5.41, 5.74) is 5.97. The molecule has 5 aromatic rings. The first-order valence-electron chi connectivity index (χ1n) is 15.0. The standard InChI is InChI=1S/C37H39NO5/c1-4-13-30-34(18-11-19-35(30)43-33-17-10-9-14-27(33)3)40-20-12-21-41-36-23-37(42-24-28-15-7-6-8-16-28)31(22-29(36)5-2)32-25-39-26-38-32/h6-11,14-19,22-23,25-26H,4-5,12-13,20-21,24H2,1-3H3.